The minimum Gasteiger partial charge on any atom is -0.282 e. The van der Waals surface area contributed by atoms with Gasteiger partial charge in [0, 0.05) is 11.1 Å². The van der Waals surface area contributed by atoms with Gasteiger partial charge < -0.3 is 0 Å². The number of nitrogens with one attached hydrogen (secondary N) is 2. The lowest BCUT2D eigenvalue weighted by Crippen LogP contribution is -2.01. The van der Waals surface area contributed by atoms with Crippen LogP contribution in [-0.4, -0.2) is 43.8 Å². The van der Waals surface area contributed by atoms with Crippen molar-refractivity contribution in [2.75, 3.05) is 0 Å². The van der Waals surface area contributed by atoms with Gasteiger partial charge in [-0.25, -0.2) is 0 Å². The highest BCUT2D eigenvalue weighted by Crippen LogP contribution is 2.25. The van der Waals surface area contributed by atoms with Crippen LogP contribution in [0.2, 0.25) is 0 Å². The molecule has 0 spiro atoms. The molecule has 2 heterocycles. The Morgan fingerprint density at radius 3 is 2.00 bits per heavy atom. The van der Waals surface area contributed by atoms with E-state index in [1.54, 1.807) is 30.5 Å². The molecule has 4 aromatic rings. The van der Waals surface area contributed by atoms with Gasteiger partial charge in [0.2, 0.25) is 0 Å². The summed E-state index contributed by atoms with van der Waals surface area (Å²) in [5.41, 5.74) is 3.85. The van der Waals surface area contributed by atoms with Crippen LogP contribution in [0.5, 0.6) is 0 Å². The molecule has 10 heteroatoms. The van der Waals surface area contributed by atoms with E-state index < -0.39 is 10.1 Å². The number of aromatic nitrogens is 6. The van der Waals surface area contributed by atoms with Crippen LogP contribution in [0.15, 0.2) is 59.8 Å². The third-order valence-corrected chi connectivity index (χ3v) is 4.99. The van der Waals surface area contributed by atoms with E-state index in [2.05, 4.69) is 30.8 Å². The van der Waals surface area contributed by atoms with Crippen molar-refractivity contribution < 1.29 is 13.0 Å². The summed E-state index contributed by atoms with van der Waals surface area (Å²) in [6.45, 7) is 0. The van der Waals surface area contributed by atoms with Gasteiger partial charge in [0.05, 0.1) is 12.4 Å². The van der Waals surface area contributed by atoms with Crippen LogP contribution in [0, 0.1) is 0 Å². The first-order valence-electron chi connectivity index (χ1n) is 8.13. The molecule has 0 aliphatic carbocycles. The highest BCUT2D eigenvalue weighted by molar-refractivity contribution is 7.86. The van der Waals surface area contributed by atoms with Crippen molar-refractivity contribution in [1.82, 2.24) is 30.8 Å². The molecule has 0 unspecified atom stereocenters. The molecule has 0 aliphatic rings. The van der Waals surface area contributed by atoms with Gasteiger partial charge in [0.25, 0.3) is 10.1 Å². The van der Waals surface area contributed by atoms with E-state index in [9.17, 15) is 13.0 Å². The quantitative estimate of drug-likeness (QED) is 0.349. The Labute approximate surface area is 159 Å². The number of H-pyrrole nitrogens is 2. The fraction of sp³-hybridized carbons (Fsp3) is 0. The van der Waals surface area contributed by atoms with Gasteiger partial charge in [-0.1, -0.05) is 48.6 Å². The van der Waals surface area contributed by atoms with Gasteiger partial charge in [-0.2, -0.15) is 39.2 Å². The summed E-state index contributed by atoms with van der Waals surface area (Å²) in [6, 6.07) is 12.2. The summed E-state index contributed by atoms with van der Waals surface area (Å²) < 4.78 is 33.3. The first-order valence-corrected chi connectivity index (χ1v) is 9.57. The summed E-state index contributed by atoms with van der Waals surface area (Å²) in [5, 5.41) is 20.4. The molecule has 0 atom stereocenters. The maximum atomic E-state index is 11.8. The predicted molar refractivity (Wildman–Crippen MR) is 102 cm³/mol. The van der Waals surface area contributed by atoms with Crippen LogP contribution in [0.1, 0.15) is 11.1 Å². The van der Waals surface area contributed by atoms with Crippen molar-refractivity contribution in [3.05, 3.63) is 66.0 Å². The zero-order valence-electron chi connectivity index (χ0n) is 14.3. The van der Waals surface area contributed by atoms with E-state index in [1.165, 1.54) is 12.3 Å². The van der Waals surface area contributed by atoms with Crippen molar-refractivity contribution in [1.29, 1.82) is 0 Å². The summed E-state index contributed by atoms with van der Waals surface area (Å²) in [4.78, 5) is -0.205. The highest BCUT2D eigenvalue weighted by Gasteiger charge is 2.16. The first-order chi connectivity index (χ1) is 13.5. The molecule has 0 fully saturated rings. The topological polar surface area (TPSA) is 138 Å². The highest BCUT2D eigenvalue weighted by atomic mass is 32.2. The zero-order chi connectivity index (χ0) is 19.6. The summed E-state index contributed by atoms with van der Waals surface area (Å²) in [7, 11) is -4.42. The molecule has 140 valence electrons. The molecule has 2 aromatic heterocycles. The first kappa shape index (κ1) is 17.8. The van der Waals surface area contributed by atoms with Crippen LogP contribution in [-0.2, 0) is 10.1 Å². The molecule has 9 nitrogen and oxygen atoms in total. The molecule has 0 saturated carbocycles. The van der Waals surface area contributed by atoms with Crippen molar-refractivity contribution in [3.63, 3.8) is 0 Å². The van der Waals surface area contributed by atoms with Crippen LogP contribution in [0.3, 0.4) is 0 Å². The van der Waals surface area contributed by atoms with Crippen molar-refractivity contribution in [3.8, 4) is 22.5 Å². The number of hydrogen-bond donors (Lipinski definition) is 3. The zero-order valence-corrected chi connectivity index (χ0v) is 15.1. The Hall–Kier alpha value is -3.63. The largest absolute Gasteiger partial charge is 0.295 e. The molecular weight excluding hydrogens is 380 g/mol. The Bertz CT molecular complexity index is 1220. The number of hydrogen-bond acceptors (Lipinski definition) is 6. The fourth-order valence-corrected chi connectivity index (χ4v) is 3.40. The van der Waals surface area contributed by atoms with Crippen LogP contribution < -0.4 is 0 Å². The molecule has 2 aromatic carbocycles. The van der Waals surface area contributed by atoms with Gasteiger partial charge in [-0.15, -0.1) is 0 Å². The van der Waals surface area contributed by atoms with E-state index >= 15 is 0 Å². The van der Waals surface area contributed by atoms with Gasteiger partial charge in [0.1, 0.15) is 16.3 Å². The second-order valence-corrected chi connectivity index (χ2v) is 7.28. The molecule has 3 N–H and O–H groups in total. The van der Waals surface area contributed by atoms with Crippen LogP contribution in [0.25, 0.3) is 34.7 Å². The van der Waals surface area contributed by atoms with Gasteiger partial charge in [0.15, 0.2) is 0 Å². The van der Waals surface area contributed by atoms with E-state index in [-0.39, 0.29) is 4.90 Å². The lowest BCUT2D eigenvalue weighted by Gasteiger charge is -2.05. The minimum atomic E-state index is -4.42. The molecule has 28 heavy (non-hydrogen) atoms. The number of rotatable bonds is 5. The van der Waals surface area contributed by atoms with Crippen LogP contribution >= 0.6 is 0 Å². The third-order valence-electron chi connectivity index (χ3n) is 4.08. The maximum Gasteiger partial charge on any atom is 0.295 e. The SMILES string of the molecule is O=S(=O)(O)c1cc(-c2cn[nH]n2)ccc1C=Cc1ccc(-c2cn[nH]n2)cc1. The maximum absolute atomic E-state index is 11.8. The minimum absolute atomic E-state index is 0.205. The number of aromatic amines is 2. The molecule has 4 rings (SSSR count). The third kappa shape index (κ3) is 3.72. The molecule has 0 saturated heterocycles. The predicted octanol–water partition coefficient (Wildman–Crippen LogP) is 2.67. The van der Waals surface area contributed by atoms with Gasteiger partial charge in [-0.3, -0.25) is 4.55 Å². The summed E-state index contributed by atoms with van der Waals surface area (Å²) in [6.07, 6.45) is 6.47. The second-order valence-electron chi connectivity index (χ2n) is 5.89. The monoisotopic (exact) mass is 394 g/mol. The number of nitrogens with zero attached hydrogens (tertiary/aromatic N) is 4. The van der Waals surface area contributed by atoms with Gasteiger partial charge >= 0.3 is 0 Å². The molecular formula is C18H14N6O3S. The summed E-state index contributed by atoms with van der Waals surface area (Å²) >= 11 is 0. The fourth-order valence-electron chi connectivity index (χ4n) is 2.69. The van der Waals surface area contributed by atoms with Crippen LogP contribution in [0.4, 0.5) is 0 Å². The lowest BCUT2D eigenvalue weighted by molar-refractivity contribution is 0.483. The van der Waals surface area contributed by atoms with E-state index in [1.807, 2.05) is 24.3 Å². The Morgan fingerprint density at radius 1 is 0.821 bits per heavy atom. The normalized spacial score (nSPS) is 11.9. The molecule has 0 bridgehead atoms. The van der Waals surface area contributed by atoms with Crippen molar-refractivity contribution >= 4 is 22.3 Å². The van der Waals surface area contributed by atoms with E-state index in [0.29, 0.717) is 16.8 Å². The molecule has 0 aliphatic heterocycles. The average Bonchev–Trinajstić information content (AvgIpc) is 3.40. The van der Waals surface area contributed by atoms with E-state index in [0.717, 1.165) is 16.8 Å². The standard InChI is InChI=1S/C18H14N6O3S/c25-28(26,27)18-9-15(17-11-20-24-22-17)8-7-14(18)6-3-12-1-4-13(5-2-12)16-10-19-23-21-16/h1-11H,(H,19,21,23)(H,20,22,24)(H,25,26,27). The Balaban J connectivity index is 1.65. The van der Waals surface area contributed by atoms with Crippen molar-refractivity contribution in [2.24, 2.45) is 0 Å². The van der Waals surface area contributed by atoms with Gasteiger partial charge in [-0.05, 0) is 17.2 Å². The second kappa shape index (κ2) is 7.18. The lowest BCUT2D eigenvalue weighted by atomic mass is 10.1. The Kier molecular flexibility index (Phi) is 4.55. The Morgan fingerprint density at radius 2 is 1.43 bits per heavy atom. The van der Waals surface area contributed by atoms with Crippen molar-refractivity contribution in [2.45, 2.75) is 4.90 Å². The number of benzene rings is 2. The molecule has 0 radical (unpaired) electrons. The molecule has 0 amide bonds. The smallest absolute Gasteiger partial charge is 0.282 e. The average molecular weight is 394 g/mol. The summed E-state index contributed by atoms with van der Waals surface area (Å²) in [5.74, 6) is 0. The van der Waals surface area contributed by atoms with E-state index in [4.69, 9.17) is 0 Å².